The maximum Gasteiger partial charge on any atom is 0.258 e. The summed E-state index contributed by atoms with van der Waals surface area (Å²) in [6.45, 7) is 6.31. The van der Waals surface area contributed by atoms with Crippen molar-refractivity contribution >= 4 is 5.91 Å². The van der Waals surface area contributed by atoms with E-state index in [0.717, 1.165) is 23.3 Å². The lowest BCUT2D eigenvalue weighted by Crippen LogP contribution is -2.31. The van der Waals surface area contributed by atoms with Crippen molar-refractivity contribution in [2.24, 2.45) is 0 Å². The van der Waals surface area contributed by atoms with Gasteiger partial charge in [-0.05, 0) is 60.4 Å². The Balaban J connectivity index is 1.57. The van der Waals surface area contributed by atoms with Crippen molar-refractivity contribution in [1.29, 1.82) is 0 Å². The van der Waals surface area contributed by atoms with Crippen molar-refractivity contribution in [3.63, 3.8) is 0 Å². The van der Waals surface area contributed by atoms with Crippen molar-refractivity contribution in [3.05, 3.63) is 64.7 Å². The Morgan fingerprint density at radius 3 is 2.64 bits per heavy atom. The number of ether oxygens (including phenoxy) is 1. The lowest BCUT2D eigenvalue weighted by Gasteiger charge is -2.17. The highest BCUT2D eigenvalue weighted by Gasteiger charge is 2.15. The normalized spacial score (nSPS) is 14.2. The second kappa shape index (κ2) is 7.73. The van der Waals surface area contributed by atoms with Crippen LogP contribution in [0.25, 0.3) is 0 Å². The molecule has 25 heavy (non-hydrogen) atoms. The lowest BCUT2D eigenvalue weighted by molar-refractivity contribution is -0.123. The van der Waals surface area contributed by atoms with Gasteiger partial charge in [0, 0.05) is 0 Å². The summed E-state index contributed by atoms with van der Waals surface area (Å²) in [6, 6.07) is 14.5. The van der Waals surface area contributed by atoms with Crippen LogP contribution in [-0.2, 0) is 17.6 Å². The molecule has 0 spiro atoms. The van der Waals surface area contributed by atoms with E-state index in [9.17, 15) is 4.79 Å². The molecular weight excluding hydrogens is 310 g/mol. The van der Waals surface area contributed by atoms with E-state index in [1.807, 2.05) is 31.2 Å². The van der Waals surface area contributed by atoms with Crippen molar-refractivity contribution in [3.8, 4) is 5.75 Å². The molecule has 1 aliphatic rings. The predicted molar refractivity (Wildman–Crippen MR) is 101 cm³/mol. The fourth-order valence-electron chi connectivity index (χ4n) is 3.46. The number of nitrogens with one attached hydrogen (secondary N) is 1. The van der Waals surface area contributed by atoms with Crippen LogP contribution in [0.15, 0.2) is 42.5 Å². The second-order valence-electron chi connectivity index (χ2n) is 7.15. The molecule has 0 radical (unpaired) electrons. The molecule has 0 bridgehead atoms. The minimum atomic E-state index is -0.0912. The van der Waals surface area contributed by atoms with Crippen LogP contribution in [0.4, 0.5) is 0 Å². The molecule has 0 fully saturated rings. The van der Waals surface area contributed by atoms with Crippen molar-refractivity contribution in [2.45, 2.75) is 52.0 Å². The average molecular weight is 337 g/mol. The van der Waals surface area contributed by atoms with E-state index in [4.69, 9.17) is 4.74 Å². The number of carbonyl (C=O) groups excluding carboxylic acids is 1. The summed E-state index contributed by atoms with van der Waals surface area (Å²) in [6.07, 6.45) is 3.57. The van der Waals surface area contributed by atoms with Crippen molar-refractivity contribution < 1.29 is 9.53 Å². The van der Waals surface area contributed by atoms with Crippen LogP contribution in [0.5, 0.6) is 5.75 Å². The minimum absolute atomic E-state index is 0.0117. The van der Waals surface area contributed by atoms with Gasteiger partial charge in [-0.25, -0.2) is 0 Å². The summed E-state index contributed by atoms with van der Waals surface area (Å²) in [5.74, 6) is 1.06. The Labute approximate surface area is 150 Å². The maximum absolute atomic E-state index is 12.3. The summed E-state index contributed by atoms with van der Waals surface area (Å²) >= 11 is 0. The number of carbonyl (C=O) groups is 1. The van der Waals surface area contributed by atoms with E-state index in [1.165, 1.54) is 24.0 Å². The first-order chi connectivity index (χ1) is 12.0. The standard InChI is InChI=1S/C22H27NO2/c1-15(2)20-9-4-5-10-21(20)25-14-22(24)23-16(3)18-12-11-17-7-6-8-19(17)13-18/h4-5,9-13,15-16H,6-8,14H2,1-3H3,(H,23,24)/t16-/m1/s1. The van der Waals surface area contributed by atoms with Gasteiger partial charge in [-0.2, -0.15) is 0 Å². The Kier molecular flexibility index (Phi) is 5.42. The van der Waals surface area contributed by atoms with E-state index in [-0.39, 0.29) is 18.6 Å². The second-order valence-corrected chi connectivity index (χ2v) is 7.15. The van der Waals surface area contributed by atoms with Gasteiger partial charge < -0.3 is 10.1 Å². The number of rotatable bonds is 6. The largest absolute Gasteiger partial charge is 0.483 e. The Hall–Kier alpha value is -2.29. The number of amides is 1. The van der Waals surface area contributed by atoms with Gasteiger partial charge in [-0.15, -0.1) is 0 Å². The van der Waals surface area contributed by atoms with Gasteiger partial charge in [0.2, 0.25) is 0 Å². The quantitative estimate of drug-likeness (QED) is 0.839. The fourth-order valence-corrected chi connectivity index (χ4v) is 3.46. The van der Waals surface area contributed by atoms with Gasteiger partial charge in [-0.1, -0.05) is 50.2 Å². The van der Waals surface area contributed by atoms with E-state index in [2.05, 4.69) is 37.4 Å². The summed E-state index contributed by atoms with van der Waals surface area (Å²) in [5, 5.41) is 3.04. The first-order valence-electron chi connectivity index (χ1n) is 9.17. The molecule has 1 aliphatic carbocycles. The molecule has 2 aromatic carbocycles. The fraction of sp³-hybridized carbons (Fsp3) is 0.409. The SMILES string of the molecule is CC(C)c1ccccc1OCC(=O)N[C@H](C)c1ccc2c(c1)CCC2. The number of para-hydroxylation sites is 1. The van der Waals surface area contributed by atoms with Crippen molar-refractivity contribution in [1.82, 2.24) is 5.32 Å². The Bertz CT molecular complexity index is 751. The zero-order chi connectivity index (χ0) is 17.8. The molecule has 2 aromatic rings. The molecule has 1 atom stereocenters. The zero-order valence-corrected chi connectivity index (χ0v) is 15.3. The van der Waals surface area contributed by atoms with Crippen molar-refractivity contribution in [2.75, 3.05) is 6.61 Å². The summed E-state index contributed by atoms with van der Waals surface area (Å²) in [5.41, 5.74) is 5.18. The number of fused-ring (bicyclic) bond motifs is 1. The van der Waals surface area contributed by atoms with E-state index in [1.54, 1.807) is 0 Å². The highest BCUT2D eigenvalue weighted by Crippen LogP contribution is 2.26. The molecule has 1 N–H and O–H groups in total. The summed E-state index contributed by atoms with van der Waals surface area (Å²) < 4.78 is 5.76. The van der Waals surface area contributed by atoms with Crippen LogP contribution in [0, 0.1) is 0 Å². The number of hydrogen-bond acceptors (Lipinski definition) is 2. The number of aryl methyl sites for hydroxylation is 2. The van der Waals surface area contributed by atoms with E-state index >= 15 is 0 Å². The topological polar surface area (TPSA) is 38.3 Å². The molecule has 1 amide bonds. The molecule has 3 heteroatoms. The molecule has 0 unspecified atom stereocenters. The zero-order valence-electron chi connectivity index (χ0n) is 15.3. The molecular formula is C22H27NO2. The molecule has 0 heterocycles. The molecule has 3 nitrogen and oxygen atoms in total. The smallest absolute Gasteiger partial charge is 0.258 e. The van der Waals surface area contributed by atoms with Gasteiger partial charge in [-0.3, -0.25) is 4.79 Å². The van der Waals surface area contributed by atoms with Gasteiger partial charge in [0.05, 0.1) is 6.04 Å². The molecule has 0 aliphatic heterocycles. The number of benzene rings is 2. The van der Waals surface area contributed by atoms with Crippen LogP contribution < -0.4 is 10.1 Å². The molecule has 0 saturated carbocycles. The highest BCUT2D eigenvalue weighted by atomic mass is 16.5. The van der Waals surface area contributed by atoms with Gasteiger partial charge in [0.25, 0.3) is 5.91 Å². The Morgan fingerprint density at radius 2 is 1.84 bits per heavy atom. The van der Waals surface area contributed by atoms with Crippen LogP contribution in [0.2, 0.25) is 0 Å². The Morgan fingerprint density at radius 1 is 1.08 bits per heavy atom. The van der Waals surface area contributed by atoms with Crippen LogP contribution in [0.3, 0.4) is 0 Å². The molecule has 3 rings (SSSR count). The highest BCUT2D eigenvalue weighted by molar-refractivity contribution is 5.78. The summed E-state index contributed by atoms with van der Waals surface area (Å²) in [4.78, 5) is 12.3. The summed E-state index contributed by atoms with van der Waals surface area (Å²) in [7, 11) is 0. The predicted octanol–water partition coefficient (Wildman–Crippen LogP) is 4.55. The number of hydrogen-bond donors (Lipinski definition) is 1. The molecule has 0 saturated heterocycles. The van der Waals surface area contributed by atoms with Gasteiger partial charge in [0.15, 0.2) is 6.61 Å². The first-order valence-corrected chi connectivity index (χ1v) is 9.17. The molecule has 132 valence electrons. The van der Waals surface area contributed by atoms with E-state index < -0.39 is 0 Å². The lowest BCUT2D eigenvalue weighted by atomic mass is 10.0. The average Bonchev–Trinajstić information content (AvgIpc) is 3.07. The maximum atomic E-state index is 12.3. The molecule has 0 aromatic heterocycles. The van der Waals surface area contributed by atoms with Gasteiger partial charge >= 0.3 is 0 Å². The van der Waals surface area contributed by atoms with Crippen LogP contribution in [0.1, 0.15) is 61.4 Å². The van der Waals surface area contributed by atoms with E-state index in [0.29, 0.717) is 5.92 Å². The third kappa shape index (κ3) is 4.22. The minimum Gasteiger partial charge on any atom is -0.483 e. The monoisotopic (exact) mass is 337 g/mol. The van der Waals surface area contributed by atoms with Crippen LogP contribution >= 0.6 is 0 Å². The van der Waals surface area contributed by atoms with Crippen LogP contribution in [-0.4, -0.2) is 12.5 Å². The first kappa shape index (κ1) is 17.5. The third-order valence-electron chi connectivity index (χ3n) is 4.90. The third-order valence-corrected chi connectivity index (χ3v) is 4.90. The van der Waals surface area contributed by atoms with Gasteiger partial charge in [0.1, 0.15) is 5.75 Å².